The van der Waals surface area contributed by atoms with Crippen LogP contribution >= 0.6 is 0 Å². The van der Waals surface area contributed by atoms with Crippen LogP contribution in [0.3, 0.4) is 0 Å². The lowest BCUT2D eigenvalue weighted by Crippen LogP contribution is -2.61. The van der Waals surface area contributed by atoms with Crippen molar-refractivity contribution in [3.8, 4) is 22.3 Å². The van der Waals surface area contributed by atoms with Gasteiger partial charge in [0.05, 0.1) is 5.41 Å². The van der Waals surface area contributed by atoms with Crippen LogP contribution in [0.4, 0.5) is 34.1 Å². The molecule has 0 saturated heterocycles. The van der Waals surface area contributed by atoms with Crippen molar-refractivity contribution in [2.45, 2.75) is 5.41 Å². The monoisotopic (exact) mass is 814 g/mol. The second-order valence-electron chi connectivity index (χ2n) is 16.8. The van der Waals surface area contributed by atoms with Crippen LogP contribution in [0.1, 0.15) is 22.3 Å². The third-order valence-corrected chi connectivity index (χ3v) is 13.4. The van der Waals surface area contributed by atoms with Gasteiger partial charge in [-0.3, -0.25) is 0 Å². The van der Waals surface area contributed by atoms with Crippen LogP contribution in [-0.2, 0) is 5.41 Å². The summed E-state index contributed by atoms with van der Waals surface area (Å²) in [5.74, 6) is 0. The highest BCUT2D eigenvalue weighted by Crippen LogP contribution is 2.48. The van der Waals surface area contributed by atoms with Gasteiger partial charge in [-0.1, -0.05) is 212 Å². The van der Waals surface area contributed by atoms with Gasteiger partial charge in [0.25, 0.3) is 6.71 Å². The van der Waals surface area contributed by atoms with Gasteiger partial charge in [-0.05, 0) is 109 Å². The van der Waals surface area contributed by atoms with Gasteiger partial charge < -0.3 is 9.80 Å². The van der Waals surface area contributed by atoms with Crippen molar-refractivity contribution >= 4 is 57.2 Å². The van der Waals surface area contributed by atoms with Gasteiger partial charge in [0.1, 0.15) is 0 Å². The van der Waals surface area contributed by atoms with E-state index in [4.69, 9.17) is 0 Å². The zero-order valence-electron chi connectivity index (χ0n) is 35.3. The molecule has 2 aliphatic heterocycles. The molecule has 0 saturated carbocycles. The number of para-hydroxylation sites is 1. The molecule has 0 aliphatic carbocycles. The summed E-state index contributed by atoms with van der Waals surface area (Å²) < 4.78 is 0. The molecule has 64 heavy (non-hydrogen) atoms. The SMILES string of the molecule is c1ccc(-c2ccc(N3c4ccc(-c5ccccc5)cc4B4c5ccccc5N(c5ccc(C(c6ccccc6)(c6ccccc6)c6ccccc6)cc5)c5cccc3c54)cc2)cc1. The molecule has 2 nitrogen and oxygen atoms in total. The Kier molecular flexibility index (Phi) is 9.20. The Labute approximate surface area is 376 Å². The number of hydrogen-bond acceptors (Lipinski definition) is 2. The third kappa shape index (κ3) is 6.04. The molecule has 0 aromatic heterocycles. The van der Waals surface area contributed by atoms with Crippen LogP contribution in [0.2, 0.25) is 0 Å². The minimum atomic E-state index is -0.532. The highest BCUT2D eigenvalue weighted by atomic mass is 15.2. The first-order valence-electron chi connectivity index (χ1n) is 22.2. The highest BCUT2D eigenvalue weighted by Gasteiger charge is 2.44. The number of hydrogen-bond donors (Lipinski definition) is 0. The fraction of sp³-hybridized carbons (Fsp3) is 0.0164. The summed E-state index contributed by atoms with van der Waals surface area (Å²) in [5, 5.41) is 0. The molecule has 10 aromatic carbocycles. The summed E-state index contributed by atoms with van der Waals surface area (Å²) in [6.45, 7) is 0.0262. The second-order valence-corrected chi connectivity index (χ2v) is 16.8. The van der Waals surface area contributed by atoms with Crippen LogP contribution in [-0.4, -0.2) is 6.71 Å². The Bertz CT molecular complexity index is 3150. The van der Waals surface area contributed by atoms with E-state index in [1.807, 2.05) is 0 Å². The molecule has 0 amide bonds. The molecule has 0 N–H and O–H groups in total. The summed E-state index contributed by atoms with van der Waals surface area (Å²) in [4.78, 5) is 4.98. The lowest BCUT2D eigenvalue weighted by atomic mass is 9.33. The van der Waals surface area contributed by atoms with Gasteiger partial charge in [0.15, 0.2) is 0 Å². The van der Waals surface area contributed by atoms with E-state index in [2.05, 4.69) is 271 Å². The van der Waals surface area contributed by atoms with Crippen molar-refractivity contribution < 1.29 is 0 Å². The first kappa shape index (κ1) is 37.6. The molecule has 3 heteroatoms. The topological polar surface area (TPSA) is 6.48 Å². The first-order valence-corrected chi connectivity index (χ1v) is 22.2. The summed E-state index contributed by atoms with van der Waals surface area (Å²) in [6, 6.07) is 95.8. The maximum atomic E-state index is 2.49. The molecule has 12 rings (SSSR count). The molecule has 0 fully saturated rings. The van der Waals surface area contributed by atoms with Crippen molar-refractivity contribution in [2.24, 2.45) is 0 Å². The maximum Gasteiger partial charge on any atom is 0.252 e. The molecular formula is C61H43BN2. The van der Waals surface area contributed by atoms with Crippen molar-refractivity contribution in [2.75, 3.05) is 9.80 Å². The Hall–Kier alpha value is -8.14. The molecular weight excluding hydrogens is 771 g/mol. The fourth-order valence-electron chi connectivity index (χ4n) is 10.6. The van der Waals surface area contributed by atoms with Gasteiger partial charge in [0.2, 0.25) is 0 Å². The number of fused-ring (bicyclic) bond motifs is 4. The minimum Gasteiger partial charge on any atom is -0.311 e. The molecule has 0 bridgehead atoms. The zero-order valence-corrected chi connectivity index (χ0v) is 35.3. The maximum absolute atomic E-state index is 2.49. The third-order valence-electron chi connectivity index (χ3n) is 13.4. The molecule has 0 unspecified atom stereocenters. The van der Waals surface area contributed by atoms with Crippen molar-refractivity contribution in [1.82, 2.24) is 0 Å². The van der Waals surface area contributed by atoms with Gasteiger partial charge in [-0.2, -0.15) is 0 Å². The smallest absolute Gasteiger partial charge is 0.252 e. The number of rotatable bonds is 8. The lowest BCUT2D eigenvalue weighted by Gasteiger charge is -2.44. The average Bonchev–Trinajstić information content (AvgIpc) is 3.38. The summed E-state index contributed by atoms with van der Waals surface area (Å²) in [7, 11) is 0. The van der Waals surface area contributed by atoms with Crippen LogP contribution < -0.4 is 26.2 Å². The largest absolute Gasteiger partial charge is 0.311 e. The first-order chi connectivity index (χ1) is 31.8. The van der Waals surface area contributed by atoms with E-state index in [0.717, 1.165) is 11.4 Å². The van der Waals surface area contributed by atoms with Crippen molar-refractivity contribution in [3.63, 3.8) is 0 Å². The summed E-state index contributed by atoms with van der Waals surface area (Å²) >= 11 is 0. The lowest BCUT2D eigenvalue weighted by molar-refractivity contribution is 0.745. The quantitative estimate of drug-likeness (QED) is 0.111. The summed E-state index contributed by atoms with van der Waals surface area (Å²) in [6.07, 6.45) is 0. The highest BCUT2D eigenvalue weighted by molar-refractivity contribution is 7.00. The van der Waals surface area contributed by atoms with Crippen molar-refractivity contribution in [1.29, 1.82) is 0 Å². The molecule has 300 valence electrons. The average molecular weight is 815 g/mol. The van der Waals surface area contributed by atoms with E-state index in [1.165, 1.54) is 83.6 Å². The van der Waals surface area contributed by atoms with E-state index >= 15 is 0 Å². The van der Waals surface area contributed by atoms with Crippen LogP contribution in [0.25, 0.3) is 22.3 Å². The van der Waals surface area contributed by atoms with Gasteiger partial charge in [-0.25, -0.2) is 0 Å². The fourth-order valence-corrected chi connectivity index (χ4v) is 10.6. The van der Waals surface area contributed by atoms with E-state index < -0.39 is 5.41 Å². The second kappa shape index (κ2) is 15.6. The summed E-state index contributed by atoms with van der Waals surface area (Å²) in [5.41, 5.74) is 20.2. The molecule has 0 spiro atoms. The zero-order chi connectivity index (χ0) is 42.5. The van der Waals surface area contributed by atoms with Gasteiger partial charge in [0, 0.05) is 34.1 Å². The predicted molar refractivity (Wildman–Crippen MR) is 270 cm³/mol. The standard InChI is InChI=1S/C61H43BN2/c1-6-19-44(20-7-1)46-33-38-52(39-34-46)64-57-42-35-47(45-21-8-2-9-22-45)43-55(57)62-54-29-16-17-30-56(54)63(58-31-18-32-59(64)60(58)62)53-40-36-51(37-41-53)61(48-23-10-3-11-24-48,49-25-12-4-13-26-49)50-27-14-5-15-28-50/h1-43H. The Morgan fingerprint density at radius 3 is 1.17 bits per heavy atom. The molecule has 0 radical (unpaired) electrons. The van der Waals surface area contributed by atoms with E-state index in [9.17, 15) is 0 Å². The Morgan fingerprint density at radius 2 is 0.641 bits per heavy atom. The molecule has 0 atom stereocenters. The molecule has 2 heterocycles. The van der Waals surface area contributed by atoms with Gasteiger partial charge >= 0.3 is 0 Å². The van der Waals surface area contributed by atoms with Gasteiger partial charge in [-0.15, -0.1) is 0 Å². The van der Waals surface area contributed by atoms with E-state index in [1.54, 1.807) is 0 Å². The van der Waals surface area contributed by atoms with E-state index in [0.29, 0.717) is 0 Å². The minimum absolute atomic E-state index is 0.0262. The van der Waals surface area contributed by atoms with E-state index in [-0.39, 0.29) is 6.71 Å². The Morgan fingerprint density at radius 1 is 0.266 bits per heavy atom. The Balaban J connectivity index is 1.05. The molecule has 10 aromatic rings. The van der Waals surface area contributed by atoms with Crippen LogP contribution in [0.15, 0.2) is 261 Å². The molecule has 2 aliphatic rings. The number of anilines is 6. The van der Waals surface area contributed by atoms with Crippen LogP contribution in [0.5, 0.6) is 0 Å². The van der Waals surface area contributed by atoms with Crippen LogP contribution in [0, 0.1) is 0 Å². The van der Waals surface area contributed by atoms with Crippen molar-refractivity contribution in [3.05, 3.63) is 283 Å². The predicted octanol–water partition coefficient (Wildman–Crippen LogP) is 13.5. The normalized spacial score (nSPS) is 12.6. The number of benzene rings is 10. The number of nitrogens with zero attached hydrogens (tertiary/aromatic N) is 2.